The Morgan fingerprint density at radius 2 is 2.06 bits per heavy atom. The molecule has 0 radical (unpaired) electrons. The zero-order valence-corrected chi connectivity index (χ0v) is 10.6. The Bertz CT molecular complexity index is 429. The number of hydrogen-bond acceptors (Lipinski definition) is 3. The highest BCUT2D eigenvalue weighted by atomic mass is 35.5. The summed E-state index contributed by atoms with van der Waals surface area (Å²) < 4.78 is 13.4. The lowest BCUT2D eigenvalue weighted by molar-refractivity contribution is -0.123. The maximum Gasteiger partial charge on any atom is 0.239 e. The van der Waals surface area contributed by atoms with Gasteiger partial charge in [0.2, 0.25) is 5.91 Å². The first kappa shape index (κ1) is 13.3. The molecule has 3 N–H and O–H groups in total. The summed E-state index contributed by atoms with van der Waals surface area (Å²) in [6.07, 6.45) is 0. The van der Waals surface area contributed by atoms with Gasteiger partial charge in [0.05, 0.1) is 0 Å². The van der Waals surface area contributed by atoms with E-state index in [0.717, 1.165) is 13.1 Å². The van der Waals surface area contributed by atoms with Crippen molar-refractivity contribution in [1.82, 2.24) is 10.2 Å². The molecule has 1 heterocycles. The maximum atomic E-state index is 13.4. The number of nitrogens with two attached hydrogens (primary N) is 1. The molecule has 1 unspecified atom stereocenters. The molecule has 98 valence electrons. The zero-order chi connectivity index (χ0) is 13.1. The van der Waals surface area contributed by atoms with Gasteiger partial charge in [-0.15, -0.1) is 0 Å². The Balaban J connectivity index is 2.31. The molecule has 1 aliphatic heterocycles. The molecule has 0 saturated carbocycles. The Morgan fingerprint density at radius 3 is 2.61 bits per heavy atom. The molecular formula is C12H15ClFN3O. The average Bonchev–Trinajstić information content (AvgIpc) is 2.28. The Labute approximate surface area is 110 Å². The fraction of sp³-hybridized carbons (Fsp3) is 0.417. The van der Waals surface area contributed by atoms with Crippen LogP contribution in [0, 0.1) is 5.82 Å². The second-order valence-electron chi connectivity index (χ2n) is 4.29. The minimum absolute atomic E-state index is 0.270. The molecule has 1 fully saturated rings. The van der Waals surface area contributed by atoms with Gasteiger partial charge in [-0.05, 0) is 23.8 Å². The van der Waals surface area contributed by atoms with Crippen molar-refractivity contribution in [3.8, 4) is 0 Å². The highest BCUT2D eigenvalue weighted by molar-refractivity contribution is 6.30. The second kappa shape index (κ2) is 5.65. The van der Waals surface area contributed by atoms with Crippen LogP contribution < -0.4 is 11.1 Å². The van der Waals surface area contributed by atoms with Crippen LogP contribution in [0.2, 0.25) is 5.02 Å². The standard InChI is InChI=1S/C12H15ClFN3O/c13-9-5-8(6-10(14)7-9)11(12(15)18)17-3-1-16-2-4-17/h5-7,11,16H,1-4H2,(H2,15,18). The molecule has 1 atom stereocenters. The van der Waals surface area contributed by atoms with Crippen LogP contribution in [0.15, 0.2) is 18.2 Å². The largest absolute Gasteiger partial charge is 0.368 e. The van der Waals surface area contributed by atoms with E-state index >= 15 is 0 Å². The number of amides is 1. The van der Waals surface area contributed by atoms with Gasteiger partial charge in [-0.1, -0.05) is 11.6 Å². The number of carbonyl (C=O) groups is 1. The molecule has 2 rings (SSSR count). The van der Waals surface area contributed by atoms with Crippen molar-refractivity contribution >= 4 is 17.5 Å². The predicted octanol–water partition coefficient (Wildman–Crippen LogP) is 0.911. The van der Waals surface area contributed by atoms with E-state index in [-0.39, 0.29) is 5.02 Å². The van der Waals surface area contributed by atoms with Gasteiger partial charge in [-0.2, -0.15) is 0 Å². The fourth-order valence-electron chi connectivity index (χ4n) is 2.23. The number of hydrogen-bond donors (Lipinski definition) is 2. The van der Waals surface area contributed by atoms with E-state index in [0.29, 0.717) is 18.7 Å². The van der Waals surface area contributed by atoms with Crippen molar-refractivity contribution in [3.63, 3.8) is 0 Å². The summed E-state index contributed by atoms with van der Waals surface area (Å²) in [5, 5.41) is 3.46. The van der Waals surface area contributed by atoms with Crippen LogP contribution in [0.3, 0.4) is 0 Å². The minimum Gasteiger partial charge on any atom is -0.368 e. The van der Waals surface area contributed by atoms with Crippen LogP contribution in [0.25, 0.3) is 0 Å². The third-order valence-electron chi connectivity index (χ3n) is 2.99. The molecule has 6 heteroatoms. The van der Waals surface area contributed by atoms with Gasteiger partial charge in [-0.25, -0.2) is 4.39 Å². The normalized spacial score (nSPS) is 18.6. The van der Waals surface area contributed by atoms with Crippen molar-refractivity contribution in [2.24, 2.45) is 5.73 Å². The Kier molecular flexibility index (Phi) is 4.16. The van der Waals surface area contributed by atoms with E-state index in [1.807, 2.05) is 4.90 Å². The van der Waals surface area contributed by atoms with Gasteiger partial charge in [0.1, 0.15) is 11.9 Å². The maximum absolute atomic E-state index is 13.4. The minimum atomic E-state index is -0.625. The molecule has 0 aliphatic carbocycles. The second-order valence-corrected chi connectivity index (χ2v) is 4.73. The number of carbonyl (C=O) groups excluding carboxylic acids is 1. The fourth-order valence-corrected chi connectivity index (χ4v) is 2.46. The third kappa shape index (κ3) is 2.98. The first-order valence-corrected chi connectivity index (χ1v) is 6.16. The molecular weight excluding hydrogens is 257 g/mol. The molecule has 1 aromatic rings. The molecule has 4 nitrogen and oxygen atoms in total. The SMILES string of the molecule is NC(=O)C(c1cc(F)cc(Cl)c1)N1CCNCC1. The zero-order valence-electron chi connectivity index (χ0n) is 9.83. The van der Waals surface area contributed by atoms with E-state index in [9.17, 15) is 9.18 Å². The van der Waals surface area contributed by atoms with Crippen LogP contribution in [-0.2, 0) is 4.79 Å². The lowest BCUT2D eigenvalue weighted by Crippen LogP contribution is -2.48. The van der Waals surface area contributed by atoms with Gasteiger partial charge < -0.3 is 11.1 Å². The van der Waals surface area contributed by atoms with E-state index < -0.39 is 17.8 Å². The van der Waals surface area contributed by atoms with Crippen molar-refractivity contribution in [1.29, 1.82) is 0 Å². The first-order valence-electron chi connectivity index (χ1n) is 5.78. The quantitative estimate of drug-likeness (QED) is 0.859. The van der Waals surface area contributed by atoms with Gasteiger partial charge in [-0.3, -0.25) is 9.69 Å². The van der Waals surface area contributed by atoms with E-state index in [1.165, 1.54) is 12.1 Å². The number of rotatable bonds is 3. The highest BCUT2D eigenvalue weighted by Gasteiger charge is 2.27. The average molecular weight is 272 g/mol. The number of nitrogens with zero attached hydrogens (tertiary/aromatic N) is 1. The van der Waals surface area contributed by atoms with Crippen LogP contribution in [0.4, 0.5) is 4.39 Å². The summed E-state index contributed by atoms with van der Waals surface area (Å²) in [7, 11) is 0. The predicted molar refractivity (Wildman–Crippen MR) is 67.8 cm³/mol. The third-order valence-corrected chi connectivity index (χ3v) is 3.21. The number of piperazine rings is 1. The Hall–Kier alpha value is -1.17. The number of primary amides is 1. The molecule has 0 aromatic heterocycles. The van der Waals surface area contributed by atoms with Gasteiger partial charge in [0, 0.05) is 31.2 Å². The summed E-state index contributed by atoms with van der Waals surface area (Å²) in [5.74, 6) is -0.947. The Morgan fingerprint density at radius 1 is 1.39 bits per heavy atom. The smallest absolute Gasteiger partial charge is 0.239 e. The monoisotopic (exact) mass is 271 g/mol. The molecule has 18 heavy (non-hydrogen) atoms. The molecule has 1 amide bonds. The summed E-state index contributed by atoms with van der Waals surface area (Å²) in [6.45, 7) is 2.96. The van der Waals surface area contributed by atoms with Gasteiger partial charge >= 0.3 is 0 Å². The highest BCUT2D eigenvalue weighted by Crippen LogP contribution is 2.25. The molecule has 1 aromatic carbocycles. The van der Waals surface area contributed by atoms with Gasteiger partial charge in [0.25, 0.3) is 0 Å². The van der Waals surface area contributed by atoms with Crippen molar-refractivity contribution < 1.29 is 9.18 Å². The van der Waals surface area contributed by atoms with Crippen LogP contribution in [-0.4, -0.2) is 37.0 Å². The molecule has 1 saturated heterocycles. The van der Waals surface area contributed by atoms with Crippen molar-refractivity contribution in [3.05, 3.63) is 34.6 Å². The van der Waals surface area contributed by atoms with E-state index in [1.54, 1.807) is 6.07 Å². The van der Waals surface area contributed by atoms with Crippen LogP contribution >= 0.6 is 11.6 Å². The number of nitrogens with one attached hydrogen (secondary N) is 1. The topological polar surface area (TPSA) is 58.4 Å². The number of benzene rings is 1. The van der Waals surface area contributed by atoms with Gasteiger partial charge in [0.15, 0.2) is 0 Å². The molecule has 1 aliphatic rings. The van der Waals surface area contributed by atoms with Crippen molar-refractivity contribution in [2.45, 2.75) is 6.04 Å². The van der Waals surface area contributed by atoms with Crippen LogP contribution in [0.5, 0.6) is 0 Å². The molecule has 0 bridgehead atoms. The summed E-state index contributed by atoms with van der Waals surface area (Å²) in [4.78, 5) is 13.6. The number of halogens is 2. The van der Waals surface area contributed by atoms with E-state index in [4.69, 9.17) is 17.3 Å². The first-order chi connectivity index (χ1) is 8.58. The van der Waals surface area contributed by atoms with E-state index in [2.05, 4.69) is 5.32 Å². The molecule has 0 spiro atoms. The summed E-state index contributed by atoms with van der Waals surface area (Å²) in [6, 6.07) is 3.48. The summed E-state index contributed by atoms with van der Waals surface area (Å²) >= 11 is 5.81. The van der Waals surface area contributed by atoms with Crippen LogP contribution in [0.1, 0.15) is 11.6 Å². The lowest BCUT2D eigenvalue weighted by atomic mass is 10.0. The summed E-state index contributed by atoms with van der Waals surface area (Å²) in [5.41, 5.74) is 5.94. The lowest BCUT2D eigenvalue weighted by Gasteiger charge is -2.33. The van der Waals surface area contributed by atoms with Crippen molar-refractivity contribution in [2.75, 3.05) is 26.2 Å².